The van der Waals surface area contributed by atoms with E-state index in [0.29, 0.717) is 5.75 Å². The monoisotopic (exact) mass is 288 g/mol. The summed E-state index contributed by atoms with van der Waals surface area (Å²) in [6.07, 6.45) is 2.08. The van der Waals surface area contributed by atoms with Gasteiger partial charge in [0.05, 0.1) is 23.2 Å². The fourth-order valence-electron chi connectivity index (χ4n) is 1.25. The summed E-state index contributed by atoms with van der Waals surface area (Å²) >= 11 is 3.09. The van der Waals surface area contributed by atoms with Crippen molar-refractivity contribution in [1.29, 1.82) is 0 Å². The average molecular weight is 289 g/mol. The summed E-state index contributed by atoms with van der Waals surface area (Å²) in [5.74, 6) is -0.756. The van der Waals surface area contributed by atoms with Crippen LogP contribution in [-0.2, 0) is 4.74 Å². The molecule has 1 aliphatic rings. The van der Waals surface area contributed by atoms with Gasteiger partial charge in [0.1, 0.15) is 11.6 Å². The summed E-state index contributed by atoms with van der Waals surface area (Å²) in [6.45, 7) is 0. The van der Waals surface area contributed by atoms with E-state index in [4.69, 9.17) is 4.74 Å². The quantitative estimate of drug-likeness (QED) is 0.803. The molecule has 16 heavy (non-hydrogen) atoms. The molecule has 0 amide bonds. The minimum absolute atomic E-state index is 0.142. The molecular weight excluding hydrogens is 279 g/mol. The van der Waals surface area contributed by atoms with Gasteiger partial charge in [-0.2, -0.15) is 0 Å². The second kappa shape index (κ2) is 4.41. The van der Waals surface area contributed by atoms with Crippen molar-refractivity contribution in [3.63, 3.8) is 0 Å². The minimum atomic E-state index is -0.577. The molecule has 0 aliphatic heterocycles. The number of benzene rings is 1. The van der Waals surface area contributed by atoms with Crippen LogP contribution in [0.5, 0.6) is 5.75 Å². The summed E-state index contributed by atoms with van der Waals surface area (Å²) < 4.78 is 23.7. The number of rotatable bonds is 3. The number of methoxy groups -OCH3 is 1. The van der Waals surface area contributed by atoms with E-state index in [2.05, 4.69) is 20.7 Å². The fourth-order valence-corrected chi connectivity index (χ4v) is 1.57. The summed E-state index contributed by atoms with van der Waals surface area (Å²) in [4.78, 5) is 11.3. The molecule has 1 aromatic carbocycles. The van der Waals surface area contributed by atoms with E-state index in [9.17, 15) is 9.18 Å². The molecule has 2 rings (SSSR count). The van der Waals surface area contributed by atoms with Gasteiger partial charge in [0.2, 0.25) is 0 Å². The van der Waals surface area contributed by atoms with Crippen molar-refractivity contribution in [3.8, 4) is 5.75 Å². The second-order valence-electron chi connectivity index (χ2n) is 3.58. The van der Waals surface area contributed by atoms with E-state index >= 15 is 0 Å². The first kappa shape index (κ1) is 11.4. The van der Waals surface area contributed by atoms with E-state index in [1.807, 2.05) is 0 Å². The number of ether oxygens (including phenoxy) is 2. The highest BCUT2D eigenvalue weighted by Crippen LogP contribution is 2.34. The van der Waals surface area contributed by atoms with Crippen molar-refractivity contribution in [1.82, 2.24) is 0 Å². The van der Waals surface area contributed by atoms with Gasteiger partial charge in [-0.3, -0.25) is 0 Å². The van der Waals surface area contributed by atoms with E-state index in [0.717, 1.165) is 18.9 Å². The maximum absolute atomic E-state index is 13.5. The number of carbonyl (C=O) groups is 1. The van der Waals surface area contributed by atoms with Crippen molar-refractivity contribution in [2.75, 3.05) is 7.11 Å². The Bertz CT molecular complexity index is 429. The molecule has 0 atom stereocenters. The van der Waals surface area contributed by atoms with Gasteiger partial charge >= 0.3 is 5.97 Å². The normalized spacial score (nSPS) is 14.7. The molecule has 0 unspecified atom stereocenters. The molecule has 1 saturated carbocycles. The van der Waals surface area contributed by atoms with Gasteiger partial charge in [0.25, 0.3) is 0 Å². The average Bonchev–Trinajstić information content (AvgIpc) is 3.07. The van der Waals surface area contributed by atoms with Crippen molar-refractivity contribution in [2.24, 2.45) is 0 Å². The van der Waals surface area contributed by atoms with Crippen molar-refractivity contribution < 1.29 is 18.7 Å². The Morgan fingerprint density at radius 1 is 1.50 bits per heavy atom. The second-order valence-corrected chi connectivity index (χ2v) is 4.37. The zero-order valence-electron chi connectivity index (χ0n) is 8.63. The summed E-state index contributed by atoms with van der Waals surface area (Å²) in [5, 5.41) is 0. The first-order valence-corrected chi connectivity index (χ1v) is 5.65. The van der Waals surface area contributed by atoms with Gasteiger partial charge in [-0.25, -0.2) is 9.18 Å². The lowest BCUT2D eigenvalue weighted by Crippen LogP contribution is -2.05. The first-order valence-electron chi connectivity index (χ1n) is 4.86. The van der Waals surface area contributed by atoms with E-state index in [1.165, 1.54) is 13.2 Å². The van der Waals surface area contributed by atoms with Gasteiger partial charge in [-0.05, 0) is 40.9 Å². The standard InChI is InChI=1S/C11H10BrFO3/c1-15-11(14)6-4-8(13)10(12)9(5-6)16-7-2-3-7/h4-5,7H,2-3H2,1H3. The topological polar surface area (TPSA) is 35.5 Å². The largest absolute Gasteiger partial charge is 0.489 e. The molecule has 0 N–H and O–H groups in total. The van der Waals surface area contributed by atoms with Crippen LogP contribution in [0.15, 0.2) is 16.6 Å². The molecule has 1 aliphatic carbocycles. The third-order valence-corrected chi connectivity index (χ3v) is 3.00. The van der Waals surface area contributed by atoms with Crippen LogP contribution in [0.4, 0.5) is 4.39 Å². The summed E-state index contributed by atoms with van der Waals surface area (Å²) in [5.41, 5.74) is 0.152. The third kappa shape index (κ3) is 2.35. The smallest absolute Gasteiger partial charge is 0.338 e. The Kier molecular flexibility index (Phi) is 3.14. The highest BCUT2D eigenvalue weighted by Gasteiger charge is 2.26. The maximum Gasteiger partial charge on any atom is 0.338 e. The van der Waals surface area contributed by atoms with Gasteiger partial charge in [0.15, 0.2) is 0 Å². The summed E-state index contributed by atoms with van der Waals surface area (Å²) in [6, 6.07) is 2.60. The van der Waals surface area contributed by atoms with Gasteiger partial charge in [-0.1, -0.05) is 0 Å². The molecule has 0 saturated heterocycles. The molecule has 86 valence electrons. The minimum Gasteiger partial charge on any atom is -0.489 e. The van der Waals surface area contributed by atoms with E-state index in [1.54, 1.807) is 0 Å². The molecule has 1 fully saturated rings. The van der Waals surface area contributed by atoms with Crippen molar-refractivity contribution >= 4 is 21.9 Å². The van der Waals surface area contributed by atoms with Crippen LogP contribution < -0.4 is 4.74 Å². The summed E-state index contributed by atoms with van der Waals surface area (Å²) in [7, 11) is 1.25. The predicted octanol–water partition coefficient (Wildman–Crippen LogP) is 2.92. The van der Waals surface area contributed by atoms with Gasteiger partial charge in [0, 0.05) is 0 Å². The van der Waals surface area contributed by atoms with Crippen molar-refractivity contribution in [3.05, 3.63) is 28.0 Å². The zero-order chi connectivity index (χ0) is 11.7. The van der Waals surface area contributed by atoms with Gasteiger partial charge < -0.3 is 9.47 Å². The Morgan fingerprint density at radius 3 is 2.75 bits per heavy atom. The first-order chi connectivity index (χ1) is 7.61. The van der Waals surface area contributed by atoms with Crippen LogP contribution in [0.3, 0.4) is 0 Å². The Hall–Kier alpha value is -1.10. The zero-order valence-corrected chi connectivity index (χ0v) is 10.2. The lowest BCUT2D eigenvalue weighted by molar-refractivity contribution is 0.0599. The SMILES string of the molecule is COC(=O)c1cc(F)c(Br)c(OC2CC2)c1. The number of halogens is 2. The van der Waals surface area contributed by atoms with Crippen LogP contribution in [0.2, 0.25) is 0 Å². The van der Waals surface area contributed by atoms with Crippen LogP contribution in [0, 0.1) is 5.82 Å². The molecule has 0 spiro atoms. The number of hydrogen-bond donors (Lipinski definition) is 0. The maximum atomic E-state index is 13.5. The molecule has 3 nitrogen and oxygen atoms in total. The Balaban J connectivity index is 2.33. The number of esters is 1. The number of hydrogen-bond acceptors (Lipinski definition) is 3. The van der Waals surface area contributed by atoms with Crippen LogP contribution >= 0.6 is 15.9 Å². The Labute approximate surface area is 101 Å². The molecule has 0 bridgehead atoms. The highest BCUT2D eigenvalue weighted by atomic mass is 79.9. The lowest BCUT2D eigenvalue weighted by atomic mass is 10.2. The van der Waals surface area contributed by atoms with Crippen LogP contribution in [0.1, 0.15) is 23.2 Å². The van der Waals surface area contributed by atoms with Crippen LogP contribution in [-0.4, -0.2) is 19.2 Å². The third-order valence-electron chi connectivity index (χ3n) is 2.23. The molecule has 0 heterocycles. The van der Waals surface area contributed by atoms with Crippen LogP contribution in [0.25, 0.3) is 0 Å². The molecular formula is C11H10BrFO3. The highest BCUT2D eigenvalue weighted by molar-refractivity contribution is 9.10. The molecule has 0 radical (unpaired) electrons. The van der Waals surface area contributed by atoms with E-state index < -0.39 is 11.8 Å². The van der Waals surface area contributed by atoms with Gasteiger partial charge in [-0.15, -0.1) is 0 Å². The molecule has 1 aromatic rings. The predicted molar refractivity (Wildman–Crippen MR) is 59.1 cm³/mol. The van der Waals surface area contributed by atoms with Crippen molar-refractivity contribution in [2.45, 2.75) is 18.9 Å². The fraction of sp³-hybridized carbons (Fsp3) is 0.364. The molecule has 5 heteroatoms. The van der Waals surface area contributed by atoms with E-state index in [-0.39, 0.29) is 16.1 Å². The Morgan fingerprint density at radius 2 is 2.19 bits per heavy atom. The number of carbonyl (C=O) groups excluding carboxylic acids is 1. The lowest BCUT2D eigenvalue weighted by Gasteiger charge is -2.09. The molecule has 0 aromatic heterocycles.